The molecule has 2 aromatic rings. The van der Waals surface area contributed by atoms with E-state index in [0.29, 0.717) is 23.1 Å². The normalized spacial score (nSPS) is 21.0. The van der Waals surface area contributed by atoms with Crippen LogP contribution in [-0.2, 0) is 20.7 Å². The van der Waals surface area contributed by atoms with Crippen molar-refractivity contribution in [3.8, 4) is 11.1 Å². The number of hydrogen-bond donors (Lipinski definition) is 1. The lowest BCUT2D eigenvalue weighted by Crippen LogP contribution is -2.53. The molecule has 1 N–H and O–H groups in total. The molecule has 31 heavy (non-hydrogen) atoms. The number of aryl methyl sites for hydroxylation is 1. The van der Waals surface area contributed by atoms with Crippen LogP contribution in [0.15, 0.2) is 36.1 Å². The number of halogens is 3. The Morgan fingerprint density at radius 2 is 1.68 bits per heavy atom. The van der Waals surface area contributed by atoms with E-state index in [-0.39, 0.29) is 23.5 Å². The first-order chi connectivity index (χ1) is 14.5. The van der Waals surface area contributed by atoms with Crippen molar-refractivity contribution < 1.29 is 32.5 Å². The molecule has 0 aliphatic carbocycles. The van der Waals surface area contributed by atoms with Crippen LogP contribution in [0.4, 0.5) is 13.2 Å². The summed E-state index contributed by atoms with van der Waals surface area (Å²) in [5, 5.41) is 10.9. The number of carbonyl (C=O) groups is 1. The molecule has 1 atom stereocenters. The van der Waals surface area contributed by atoms with Gasteiger partial charge in [-0.3, -0.25) is 4.79 Å². The number of Topliss-reactive ketones (excluding diaryl/α,β-unsaturated/α-hetero) is 1. The van der Waals surface area contributed by atoms with Gasteiger partial charge >= 0.3 is 0 Å². The van der Waals surface area contributed by atoms with Gasteiger partial charge in [0.1, 0.15) is 11.4 Å². The monoisotopic (exact) mass is 434 g/mol. The quantitative estimate of drug-likeness (QED) is 0.642. The summed E-state index contributed by atoms with van der Waals surface area (Å²) in [5.41, 5.74) is -1.02. The van der Waals surface area contributed by atoms with Crippen molar-refractivity contribution in [1.82, 2.24) is 0 Å². The first-order valence-electron chi connectivity index (χ1n) is 9.91. The highest BCUT2D eigenvalue weighted by atomic mass is 19.2. The van der Waals surface area contributed by atoms with Crippen LogP contribution >= 0.6 is 0 Å². The second-order valence-electron chi connectivity index (χ2n) is 8.28. The number of rotatable bonds is 5. The molecule has 0 bridgehead atoms. The Labute approximate surface area is 179 Å². The van der Waals surface area contributed by atoms with Gasteiger partial charge in [0.05, 0.1) is 12.2 Å². The number of ketones is 1. The molecule has 1 aliphatic rings. The minimum absolute atomic E-state index is 0.00828. The minimum atomic E-state index is -1.54. The van der Waals surface area contributed by atoms with Gasteiger partial charge < -0.3 is 14.6 Å². The van der Waals surface area contributed by atoms with Gasteiger partial charge in [-0.15, -0.1) is 0 Å². The molecule has 166 valence electrons. The molecule has 4 nitrogen and oxygen atoms in total. The molecule has 1 unspecified atom stereocenters. The number of aliphatic hydroxyl groups is 1. The molecular weight excluding hydrogens is 409 g/mol. The molecule has 0 saturated heterocycles. The maximum absolute atomic E-state index is 14.3. The van der Waals surface area contributed by atoms with Crippen LogP contribution in [0, 0.1) is 17.5 Å². The summed E-state index contributed by atoms with van der Waals surface area (Å²) in [6.07, 6.45) is 0.445. The molecule has 0 fully saturated rings. The van der Waals surface area contributed by atoms with E-state index in [9.17, 15) is 23.1 Å². The lowest BCUT2D eigenvalue weighted by Gasteiger charge is -2.42. The van der Waals surface area contributed by atoms with Crippen LogP contribution in [0.25, 0.3) is 16.7 Å². The SMILES string of the molecule is CCc1cc(-c2ccc(F)c(F)c2F)ccc1C1=C(O)C(C)(C)OC(C)(COC)C1=O. The fraction of sp³-hybridized carbons (Fsp3) is 0.375. The van der Waals surface area contributed by atoms with Crippen molar-refractivity contribution >= 4 is 11.4 Å². The molecule has 2 aromatic carbocycles. The highest BCUT2D eigenvalue weighted by Crippen LogP contribution is 2.42. The van der Waals surface area contributed by atoms with E-state index in [1.165, 1.54) is 13.2 Å². The van der Waals surface area contributed by atoms with Gasteiger partial charge in [-0.1, -0.05) is 25.1 Å². The second kappa shape index (κ2) is 8.13. The molecular formula is C24H25F3O4. The van der Waals surface area contributed by atoms with Gasteiger partial charge in [0.15, 0.2) is 23.1 Å². The van der Waals surface area contributed by atoms with Gasteiger partial charge in [-0.05, 0) is 56.0 Å². The van der Waals surface area contributed by atoms with Crippen molar-refractivity contribution in [2.24, 2.45) is 0 Å². The van der Waals surface area contributed by atoms with Gasteiger partial charge in [0.25, 0.3) is 0 Å². The predicted molar refractivity (Wildman–Crippen MR) is 111 cm³/mol. The van der Waals surface area contributed by atoms with E-state index in [1.54, 1.807) is 32.9 Å². The zero-order valence-corrected chi connectivity index (χ0v) is 18.1. The lowest BCUT2D eigenvalue weighted by molar-refractivity contribution is -0.173. The van der Waals surface area contributed by atoms with E-state index in [0.717, 1.165) is 12.1 Å². The van der Waals surface area contributed by atoms with E-state index < -0.39 is 34.4 Å². The van der Waals surface area contributed by atoms with Crippen molar-refractivity contribution in [3.63, 3.8) is 0 Å². The number of carbonyl (C=O) groups excluding carboxylic acids is 1. The smallest absolute Gasteiger partial charge is 0.200 e. The summed E-state index contributed by atoms with van der Waals surface area (Å²) in [7, 11) is 1.45. The van der Waals surface area contributed by atoms with E-state index in [1.807, 2.05) is 6.92 Å². The maximum atomic E-state index is 14.3. The summed E-state index contributed by atoms with van der Waals surface area (Å²) in [6, 6.07) is 6.72. The summed E-state index contributed by atoms with van der Waals surface area (Å²) in [5.74, 6) is -4.75. The van der Waals surface area contributed by atoms with Gasteiger partial charge in [0, 0.05) is 12.7 Å². The van der Waals surface area contributed by atoms with Crippen molar-refractivity contribution in [1.29, 1.82) is 0 Å². The number of aliphatic hydroxyl groups excluding tert-OH is 1. The number of methoxy groups -OCH3 is 1. The molecule has 1 aliphatic heterocycles. The Bertz CT molecular complexity index is 1070. The zero-order chi connectivity index (χ0) is 23.1. The minimum Gasteiger partial charge on any atom is -0.508 e. The summed E-state index contributed by atoms with van der Waals surface area (Å²) < 4.78 is 52.4. The van der Waals surface area contributed by atoms with Crippen molar-refractivity contribution in [3.05, 3.63) is 64.7 Å². The number of ether oxygens (including phenoxy) is 2. The average Bonchev–Trinajstić information content (AvgIpc) is 2.71. The van der Waals surface area contributed by atoms with E-state index in [2.05, 4.69) is 0 Å². The van der Waals surface area contributed by atoms with Crippen LogP contribution in [-0.4, -0.2) is 35.8 Å². The second-order valence-corrected chi connectivity index (χ2v) is 8.28. The van der Waals surface area contributed by atoms with Crippen LogP contribution in [0.2, 0.25) is 0 Å². The highest BCUT2D eigenvalue weighted by Gasteiger charge is 2.50. The molecule has 0 radical (unpaired) electrons. The Morgan fingerprint density at radius 3 is 2.29 bits per heavy atom. The van der Waals surface area contributed by atoms with Crippen LogP contribution in [0.3, 0.4) is 0 Å². The third-order valence-corrected chi connectivity index (χ3v) is 5.52. The van der Waals surface area contributed by atoms with Crippen molar-refractivity contribution in [2.45, 2.75) is 45.3 Å². The van der Waals surface area contributed by atoms with E-state index >= 15 is 0 Å². The standard InChI is InChI=1S/C24H25F3O4/c1-6-13-11-14(16-9-10-17(25)20(27)19(16)26)7-8-15(13)18-21(28)23(2,3)31-24(4,12-30-5)22(18)29/h7-11,28H,6,12H2,1-5H3. The first kappa shape index (κ1) is 23.0. The first-order valence-corrected chi connectivity index (χ1v) is 9.91. The third-order valence-electron chi connectivity index (χ3n) is 5.52. The molecule has 3 rings (SSSR count). The zero-order valence-electron chi connectivity index (χ0n) is 18.1. The molecule has 0 saturated carbocycles. The third kappa shape index (κ3) is 3.88. The Kier molecular flexibility index (Phi) is 6.04. The molecule has 0 aromatic heterocycles. The highest BCUT2D eigenvalue weighted by molar-refractivity contribution is 6.26. The summed E-state index contributed by atoms with van der Waals surface area (Å²) >= 11 is 0. The van der Waals surface area contributed by atoms with Crippen LogP contribution in [0.1, 0.15) is 38.8 Å². The summed E-state index contributed by atoms with van der Waals surface area (Å²) in [4.78, 5) is 13.3. The Hall–Kier alpha value is -2.64. The lowest BCUT2D eigenvalue weighted by atomic mass is 9.80. The Balaban J connectivity index is 2.19. The number of benzene rings is 2. The van der Waals surface area contributed by atoms with Gasteiger partial charge in [0.2, 0.25) is 5.78 Å². The molecule has 7 heteroatoms. The van der Waals surface area contributed by atoms with Crippen LogP contribution < -0.4 is 0 Å². The maximum Gasteiger partial charge on any atom is 0.200 e. The van der Waals surface area contributed by atoms with Gasteiger partial charge in [-0.25, -0.2) is 13.2 Å². The average molecular weight is 434 g/mol. The Morgan fingerprint density at radius 1 is 1.03 bits per heavy atom. The fourth-order valence-corrected chi connectivity index (χ4v) is 4.00. The molecule has 0 spiro atoms. The predicted octanol–water partition coefficient (Wildman–Crippen LogP) is 5.39. The van der Waals surface area contributed by atoms with Crippen LogP contribution in [0.5, 0.6) is 0 Å². The topological polar surface area (TPSA) is 55.8 Å². The van der Waals surface area contributed by atoms with Crippen molar-refractivity contribution in [2.75, 3.05) is 13.7 Å². The number of hydrogen-bond acceptors (Lipinski definition) is 4. The van der Waals surface area contributed by atoms with E-state index in [4.69, 9.17) is 9.47 Å². The van der Waals surface area contributed by atoms with Gasteiger partial charge in [-0.2, -0.15) is 0 Å². The summed E-state index contributed by atoms with van der Waals surface area (Å²) in [6.45, 7) is 6.74. The molecule has 0 amide bonds. The fourth-order valence-electron chi connectivity index (χ4n) is 4.00. The molecule has 1 heterocycles. The largest absolute Gasteiger partial charge is 0.508 e.